The monoisotopic (exact) mass is 476 g/mol. The second-order valence-electron chi connectivity index (χ2n) is 8.88. The lowest BCUT2D eigenvalue weighted by Crippen LogP contribution is -2.38. The number of anilines is 1. The van der Waals surface area contributed by atoms with E-state index in [9.17, 15) is 17.6 Å². The van der Waals surface area contributed by atoms with Crippen LogP contribution in [-0.4, -0.2) is 40.6 Å². The third-order valence-corrected chi connectivity index (χ3v) is 6.37. The minimum absolute atomic E-state index is 0.0224. The number of aryl methyl sites for hydroxylation is 1. The van der Waals surface area contributed by atoms with E-state index in [2.05, 4.69) is 27.2 Å². The van der Waals surface area contributed by atoms with Gasteiger partial charge in [0.15, 0.2) is 0 Å². The number of likely N-dealkylation sites (tertiary alicyclic amines) is 1. The first kappa shape index (κ1) is 24.2. The van der Waals surface area contributed by atoms with E-state index in [1.54, 1.807) is 13.8 Å². The average molecular weight is 477 g/mol. The number of rotatable bonds is 6. The SMILES string of the molecule is Cc1nc(N[C@H](C)c2cccc(C(F)(F)F)c2F)c2cc(O[C@@H](C)[C@@H]3CCCN3C)ccc2n1. The molecular formula is C25H28F4N4O. The minimum atomic E-state index is -4.77. The number of likely N-dealkylation sites (N-methyl/N-ethyl adjacent to an activating group) is 1. The Bertz CT molecular complexity index is 1180. The van der Waals surface area contributed by atoms with Gasteiger partial charge in [0, 0.05) is 17.0 Å². The lowest BCUT2D eigenvalue weighted by atomic mass is 10.0. The molecule has 5 nitrogen and oxygen atoms in total. The second-order valence-corrected chi connectivity index (χ2v) is 8.88. The molecule has 1 aliphatic heterocycles. The Morgan fingerprint density at radius 1 is 1.15 bits per heavy atom. The van der Waals surface area contributed by atoms with E-state index >= 15 is 0 Å². The van der Waals surface area contributed by atoms with Gasteiger partial charge in [-0.05, 0) is 71.5 Å². The van der Waals surface area contributed by atoms with Gasteiger partial charge in [-0.25, -0.2) is 14.4 Å². The van der Waals surface area contributed by atoms with Gasteiger partial charge in [0.1, 0.15) is 29.3 Å². The van der Waals surface area contributed by atoms with Crippen LogP contribution in [0.2, 0.25) is 0 Å². The molecule has 1 aromatic heterocycles. The Labute approximate surface area is 196 Å². The molecule has 0 aliphatic carbocycles. The van der Waals surface area contributed by atoms with Gasteiger partial charge in [0.05, 0.1) is 17.1 Å². The van der Waals surface area contributed by atoms with Crippen LogP contribution in [0.1, 0.15) is 49.7 Å². The summed E-state index contributed by atoms with van der Waals surface area (Å²) >= 11 is 0. The van der Waals surface area contributed by atoms with Gasteiger partial charge in [0.2, 0.25) is 0 Å². The Morgan fingerprint density at radius 2 is 1.91 bits per heavy atom. The smallest absolute Gasteiger partial charge is 0.419 e. The quantitative estimate of drug-likeness (QED) is 0.434. The fraction of sp³-hybridized carbons (Fsp3) is 0.440. The molecule has 0 unspecified atom stereocenters. The largest absolute Gasteiger partial charge is 0.489 e. The van der Waals surface area contributed by atoms with Crippen LogP contribution in [0, 0.1) is 12.7 Å². The number of halogens is 4. The fourth-order valence-corrected chi connectivity index (χ4v) is 4.62. The molecule has 0 saturated carbocycles. The zero-order valence-electron chi connectivity index (χ0n) is 19.6. The van der Waals surface area contributed by atoms with E-state index < -0.39 is 23.6 Å². The molecule has 0 spiro atoms. The van der Waals surface area contributed by atoms with Crippen molar-refractivity contribution >= 4 is 16.7 Å². The van der Waals surface area contributed by atoms with E-state index in [1.807, 2.05) is 25.1 Å². The first-order valence-electron chi connectivity index (χ1n) is 11.3. The number of aromatic nitrogens is 2. The molecule has 182 valence electrons. The highest BCUT2D eigenvalue weighted by Crippen LogP contribution is 2.35. The lowest BCUT2D eigenvalue weighted by Gasteiger charge is -2.27. The van der Waals surface area contributed by atoms with Crippen LogP contribution in [0.3, 0.4) is 0 Å². The first-order valence-corrected chi connectivity index (χ1v) is 11.3. The topological polar surface area (TPSA) is 50.3 Å². The summed E-state index contributed by atoms with van der Waals surface area (Å²) in [6.07, 6.45) is -2.59. The summed E-state index contributed by atoms with van der Waals surface area (Å²) in [5, 5.41) is 3.73. The molecule has 0 bridgehead atoms. The van der Waals surface area contributed by atoms with E-state index in [0.717, 1.165) is 25.5 Å². The highest BCUT2D eigenvalue weighted by molar-refractivity contribution is 5.90. The third-order valence-electron chi connectivity index (χ3n) is 6.37. The molecule has 1 fully saturated rings. The predicted molar refractivity (Wildman–Crippen MR) is 123 cm³/mol. The molecule has 2 heterocycles. The summed E-state index contributed by atoms with van der Waals surface area (Å²) in [6.45, 7) is 6.41. The zero-order chi connectivity index (χ0) is 24.6. The van der Waals surface area contributed by atoms with Crippen LogP contribution in [0.15, 0.2) is 36.4 Å². The fourth-order valence-electron chi connectivity index (χ4n) is 4.62. The van der Waals surface area contributed by atoms with Gasteiger partial charge < -0.3 is 10.1 Å². The van der Waals surface area contributed by atoms with Crippen molar-refractivity contribution in [3.63, 3.8) is 0 Å². The number of fused-ring (bicyclic) bond motifs is 1. The van der Waals surface area contributed by atoms with Crippen molar-refractivity contribution in [2.45, 2.75) is 58.0 Å². The number of hydrogen-bond acceptors (Lipinski definition) is 5. The maximum absolute atomic E-state index is 14.7. The molecule has 1 aliphatic rings. The van der Waals surface area contributed by atoms with Crippen LogP contribution in [0.25, 0.3) is 10.9 Å². The summed E-state index contributed by atoms with van der Waals surface area (Å²) in [5.41, 5.74) is -0.724. The molecule has 3 aromatic rings. The highest BCUT2D eigenvalue weighted by Gasteiger charge is 2.35. The van der Waals surface area contributed by atoms with Gasteiger partial charge >= 0.3 is 6.18 Å². The zero-order valence-corrected chi connectivity index (χ0v) is 19.6. The first-order chi connectivity index (χ1) is 16.0. The molecule has 0 radical (unpaired) electrons. The standard InChI is InChI=1S/C25H28F4N4O/c1-14(18-7-5-8-20(23(18)26)25(27,28)29)30-24-19-13-17(10-11-21(19)31-16(3)32-24)34-15(2)22-9-6-12-33(22)4/h5,7-8,10-11,13-15,22H,6,9,12H2,1-4H3,(H,30,31,32)/t14-,15+,22+/m1/s1. The van der Waals surface area contributed by atoms with Crippen LogP contribution in [-0.2, 0) is 6.18 Å². The Kier molecular flexibility index (Phi) is 6.66. The molecule has 3 atom stereocenters. The summed E-state index contributed by atoms with van der Waals surface area (Å²) in [7, 11) is 2.09. The van der Waals surface area contributed by atoms with Gasteiger partial charge in [-0.1, -0.05) is 12.1 Å². The molecule has 4 rings (SSSR count). The molecule has 9 heteroatoms. The van der Waals surface area contributed by atoms with Crippen molar-refractivity contribution in [2.75, 3.05) is 18.9 Å². The van der Waals surface area contributed by atoms with Crippen LogP contribution < -0.4 is 10.1 Å². The Balaban J connectivity index is 1.64. The molecule has 1 saturated heterocycles. The number of alkyl halides is 3. The third kappa shape index (κ3) is 4.94. The van der Waals surface area contributed by atoms with Crippen molar-refractivity contribution in [1.29, 1.82) is 0 Å². The second kappa shape index (κ2) is 9.37. The highest BCUT2D eigenvalue weighted by atomic mass is 19.4. The van der Waals surface area contributed by atoms with Crippen molar-refractivity contribution < 1.29 is 22.3 Å². The summed E-state index contributed by atoms with van der Waals surface area (Å²) in [5.74, 6) is 0.251. The van der Waals surface area contributed by atoms with Gasteiger partial charge in [-0.15, -0.1) is 0 Å². The van der Waals surface area contributed by atoms with Gasteiger partial charge in [0.25, 0.3) is 0 Å². The molecular weight excluding hydrogens is 448 g/mol. The summed E-state index contributed by atoms with van der Waals surface area (Å²) < 4.78 is 60.4. The lowest BCUT2D eigenvalue weighted by molar-refractivity contribution is -0.140. The van der Waals surface area contributed by atoms with Gasteiger partial charge in [-0.2, -0.15) is 13.2 Å². The van der Waals surface area contributed by atoms with Crippen molar-refractivity contribution in [3.8, 4) is 5.75 Å². The summed E-state index contributed by atoms with van der Waals surface area (Å²) in [6, 6.07) is 8.33. The molecule has 2 aromatic carbocycles. The number of nitrogens with one attached hydrogen (secondary N) is 1. The van der Waals surface area contributed by atoms with Gasteiger partial charge in [-0.3, -0.25) is 4.90 Å². The minimum Gasteiger partial charge on any atom is -0.489 e. The van der Waals surface area contributed by atoms with Crippen LogP contribution in [0.5, 0.6) is 5.75 Å². The maximum Gasteiger partial charge on any atom is 0.419 e. The van der Waals surface area contributed by atoms with E-state index in [4.69, 9.17) is 4.74 Å². The van der Waals surface area contributed by atoms with Crippen LogP contribution in [0.4, 0.5) is 23.4 Å². The van der Waals surface area contributed by atoms with E-state index in [1.165, 1.54) is 12.1 Å². The normalized spacial score (nSPS) is 18.8. The molecule has 34 heavy (non-hydrogen) atoms. The van der Waals surface area contributed by atoms with Crippen molar-refractivity contribution in [2.24, 2.45) is 0 Å². The average Bonchev–Trinajstić information content (AvgIpc) is 3.19. The maximum atomic E-state index is 14.7. The Morgan fingerprint density at radius 3 is 2.59 bits per heavy atom. The van der Waals surface area contributed by atoms with Crippen molar-refractivity contribution in [1.82, 2.24) is 14.9 Å². The number of ether oxygens (including phenoxy) is 1. The summed E-state index contributed by atoms with van der Waals surface area (Å²) in [4.78, 5) is 11.2. The number of nitrogens with zero attached hydrogens (tertiary/aromatic N) is 3. The van der Waals surface area contributed by atoms with Crippen molar-refractivity contribution in [3.05, 3.63) is 59.2 Å². The molecule has 1 N–H and O–H groups in total. The Hall–Kier alpha value is -2.94. The van der Waals surface area contributed by atoms with Crippen LogP contribution >= 0.6 is 0 Å². The predicted octanol–water partition coefficient (Wildman–Crippen LogP) is 6.13. The molecule has 0 amide bonds. The number of hydrogen-bond donors (Lipinski definition) is 1. The van der Waals surface area contributed by atoms with E-state index in [-0.39, 0.29) is 11.7 Å². The van der Waals surface area contributed by atoms with E-state index in [0.29, 0.717) is 34.3 Å². The number of benzene rings is 2.